The number of nitrogens with one attached hydrogen (secondary N) is 1. The van der Waals surface area contributed by atoms with Gasteiger partial charge in [0.25, 0.3) is 0 Å². The molecular formula is C39H34N4O4SSe. The standard InChI is InChI=1S/C39H34N4O4SSe/c1-24-34(45)29-15-9-10-16-30(29)35(46)36(24)48-23-32(44)43(26-18-20-28(21-19-26)49-27-13-6-5-7-14-27)33(38(47)42-39(2,3)4)37-40-22-25-12-8-11-17-31(25)41-37/h5-22,33H,23H2,1-4H3,(H,42,47). The summed E-state index contributed by atoms with van der Waals surface area (Å²) in [5.74, 6) is -1.50. The molecule has 0 bridgehead atoms. The van der Waals surface area contributed by atoms with Gasteiger partial charge in [-0.25, -0.2) is 0 Å². The van der Waals surface area contributed by atoms with Crippen molar-refractivity contribution < 1.29 is 19.2 Å². The van der Waals surface area contributed by atoms with Gasteiger partial charge in [0.15, 0.2) is 0 Å². The third-order valence-electron chi connectivity index (χ3n) is 7.76. The maximum atomic E-state index is 14.5. The van der Waals surface area contributed by atoms with Crippen molar-refractivity contribution in [2.24, 2.45) is 0 Å². The zero-order valence-electron chi connectivity index (χ0n) is 27.5. The van der Waals surface area contributed by atoms with E-state index in [2.05, 4.69) is 22.4 Å². The van der Waals surface area contributed by atoms with Gasteiger partial charge in [-0.15, -0.1) is 0 Å². The molecule has 0 saturated carbocycles. The van der Waals surface area contributed by atoms with E-state index in [-0.39, 0.29) is 43.0 Å². The number of benzene rings is 4. The normalized spacial score (nSPS) is 13.6. The number of nitrogens with zero attached hydrogens (tertiary/aromatic N) is 3. The number of hydrogen-bond acceptors (Lipinski definition) is 7. The summed E-state index contributed by atoms with van der Waals surface area (Å²) in [6, 6.07) is 30.7. The van der Waals surface area contributed by atoms with Crippen LogP contribution >= 0.6 is 11.8 Å². The third-order valence-corrected chi connectivity index (χ3v) is 11.1. The number of ketones is 2. The van der Waals surface area contributed by atoms with E-state index in [0.717, 1.165) is 21.6 Å². The molecule has 1 unspecified atom stereocenters. The maximum absolute atomic E-state index is 14.5. The van der Waals surface area contributed by atoms with Crippen molar-refractivity contribution in [2.45, 2.75) is 39.3 Å². The van der Waals surface area contributed by atoms with E-state index in [1.54, 1.807) is 37.4 Å². The van der Waals surface area contributed by atoms with Crippen LogP contribution in [0.15, 0.2) is 120 Å². The fourth-order valence-corrected chi connectivity index (χ4v) is 8.21. The summed E-state index contributed by atoms with van der Waals surface area (Å²) < 4.78 is 2.30. The Labute approximate surface area is 295 Å². The molecule has 0 saturated heterocycles. The topological polar surface area (TPSA) is 109 Å². The quantitative estimate of drug-likeness (QED) is 0.203. The van der Waals surface area contributed by atoms with Crippen LogP contribution in [0.3, 0.4) is 0 Å². The van der Waals surface area contributed by atoms with Crippen molar-refractivity contribution in [2.75, 3.05) is 10.7 Å². The molecule has 49 heavy (non-hydrogen) atoms. The number of carbonyl (C=O) groups excluding carboxylic acids is 4. The molecule has 8 nitrogen and oxygen atoms in total. The molecule has 4 aromatic carbocycles. The molecule has 1 heterocycles. The Bertz CT molecular complexity index is 2110. The van der Waals surface area contributed by atoms with E-state index < -0.39 is 23.4 Å². The first kappa shape index (κ1) is 34.0. The van der Waals surface area contributed by atoms with Crippen LogP contribution in [0, 0.1) is 0 Å². The van der Waals surface area contributed by atoms with Crippen molar-refractivity contribution in [3.63, 3.8) is 0 Å². The molecule has 1 N–H and O–H groups in total. The van der Waals surface area contributed by atoms with Crippen LogP contribution in [0.1, 0.15) is 60.3 Å². The second-order valence-electron chi connectivity index (χ2n) is 12.5. The number of allylic oxidation sites excluding steroid dienone is 2. The molecule has 0 radical (unpaired) electrons. The molecular weight excluding hydrogens is 699 g/mol. The van der Waals surface area contributed by atoms with E-state index in [1.807, 2.05) is 87.5 Å². The number of rotatable bonds is 9. The van der Waals surface area contributed by atoms with Gasteiger partial charge in [-0.3, -0.25) is 0 Å². The van der Waals surface area contributed by atoms with E-state index in [1.165, 1.54) is 9.36 Å². The average Bonchev–Trinajstić information content (AvgIpc) is 3.09. The van der Waals surface area contributed by atoms with Crippen molar-refractivity contribution in [3.05, 3.63) is 137 Å². The van der Waals surface area contributed by atoms with Gasteiger partial charge < -0.3 is 0 Å². The third kappa shape index (κ3) is 7.57. The number of carbonyl (C=O) groups is 4. The average molecular weight is 734 g/mol. The van der Waals surface area contributed by atoms with Crippen molar-refractivity contribution in [1.29, 1.82) is 0 Å². The molecule has 0 aliphatic heterocycles. The van der Waals surface area contributed by atoms with Crippen molar-refractivity contribution in [3.8, 4) is 0 Å². The molecule has 246 valence electrons. The van der Waals surface area contributed by atoms with Crippen LogP contribution in [0.4, 0.5) is 5.69 Å². The van der Waals surface area contributed by atoms with E-state index in [4.69, 9.17) is 4.98 Å². The molecule has 1 aliphatic carbocycles. The number of aromatic nitrogens is 2. The van der Waals surface area contributed by atoms with Crippen LogP contribution in [0.25, 0.3) is 10.9 Å². The second kappa shape index (κ2) is 14.3. The zero-order valence-corrected chi connectivity index (χ0v) is 30.0. The van der Waals surface area contributed by atoms with Crippen molar-refractivity contribution in [1.82, 2.24) is 15.3 Å². The molecule has 1 aromatic heterocycles. The second-order valence-corrected chi connectivity index (χ2v) is 15.9. The summed E-state index contributed by atoms with van der Waals surface area (Å²) in [4.78, 5) is 66.4. The van der Waals surface area contributed by atoms with E-state index >= 15 is 0 Å². The van der Waals surface area contributed by atoms with Gasteiger partial charge in [-0.05, 0) is 0 Å². The molecule has 10 heteroatoms. The molecule has 0 fully saturated rings. The predicted molar refractivity (Wildman–Crippen MR) is 196 cm³/mol. The fourth-order valence-electron chi connectivity index (χ4n) is 5.50. The van der Waals surface area contributed by atoms with Crippen LogP contribution in [0.2, 0.25) is 0 Å². The van der Waals surface area contributed by atoms with Crippen LogP contribution in [0.5, 0.6) is 0 Å². The summed E-state index contributed by atoms with van der Waals surface area (Å²) >= 11 is 1.04. The summed E-state index contributed by atoms with van der Waals surface area (Å²) in [5.41, 5.74) is 1.45. The Morgan fingerprint density at radius 2 is 1.43 bits per heavy atom. The number of para-hydroxylation sites is 1. The summed E-state index contributed by atoms with van der Waals surface area (Å²) in [6.07, 6.45) is 1.65. The van der Waals surface area contributed by atoms with Gasteiger partial charge in [0.05, 0.1) is 0 Å². The SMILES string of the molecule is CC1=C(SCC(=O)N(c2ccc([Se]c3ccccc3)cc2)C(C(=O)NC(C)(C)C)c2ncc3ccccc3n2)C(=O)c2ccccc2C1=O. The minimum atomic E-state index is -1.23. The van der Waals surface area contributed by atoms with Crippen LogP contribution in [-0.2, 0) is 9.59 Å². The molecule has 6 rings (SSSR count). The number of hydrogen-bond donors (Lipinski definition) is 1. The summed E-state index contributed by atoms with van der Waals surface area (Å²) in [7, 11) is 0. The first-order chi connectivity index (χ1) is 23.5. The van der Waals surface area contributed by atoms with Gasteiger partial charge in [0.1, 0.15) is 0 Å². The Hall–Kier alpha value is -4.89. The van der Waals surface area contributed by atoms with Crippen LogP contribution in [-0.4, -0.2) is 59.6 Å². The van der Waals surface area contributed by atoms with Gasteiger partial charge in [-0.2, -0.15) is 0 Å². The molecule has 1 aliphatic rings. The van der Waals surface area contributed by atoms with Gasteiger partial charge in [0.2, 0.25) is 0 Å². The Morgan fingerprint density at radius 3 is 2.12 bits per heavy atom. The number of amides is 2. The number of anilines is 1. The van der Waals surface area contributed by atoms with Crippen LogP contribution < -0.4 is 19.1 Å². The monoisotopic (exact) mass is 734 g/mol. The number of thioether (sulfide) groups is 1. The van der Waals surface area contributed by atoms with E-state index in [0.29, 0.717) is 27.9 Å². The minimum absolute atomic E-state index is 0.0309. The van der Waals surface area contributed by atoms with Gasteiger partial charge >= 0.3 is 279 Å². The molecule has 0 spiro atoms. The zero-order chi connectivity index (χ0) is 34.7. The predicted octanol–water partition coefficient (Wildman–Crippen LogP) is 5.36. The fraction of sp³-hybridized carbons (Fsp3) is 0.179. The Morgan fingerprint density at radius 1 is 0.816 bits per heavy atom. The Kier molecular flexibility index (Phi) is 9.92. The Balaban J connectivity index is 1.40. The number of Topliss-reactive ketones (excluding diaryl/α,β-unsaturated/α-hetero) is 2. The first-order valence-electron chi connectivity index (χ1n) is 15.7. The first-order valence-corrected chi connectivity index (χ1v) is 18.4. The number of fused-ring (bicyclic) bond motifs is 2. The molecule has 5 aromatic rings. The molecule has 2 amide bonds. The van der Waals surface area contributed by atoms with Gasteiger partial charge in [-0.1, -0.05) is 18.2 Å². The van der Waals surface area contributed by atoms with Crippen molar-refractivity contribution >= 4 is 75.6 Å². The van der Waals surface area contributed by atoms with E-state index in [9.17, 15) is 19.2 Å². The van der Waals surface area contributed by atoms with Gasteiger partial charge in [0, 0.05) is 0 Å². The summed E-state index contributed by atoms with van der Waals surface area (Å²) in [6.45, 7) is 7.20. The molecule has 1 atom stereocenters. The summed E-state index contributed by atoms with van der Waals surface area (Å²) in [5, 5.41) is 3.82.